The van der Waals surface area contributed by atoms with Crippen LogP contribution in [0, 0.1) is 12.8 Å². The molecule has 3 aromatic rings. The Morgan fingerprint density at radius 3 is 2.42 bits per heavy atom. The SMILES string of the molecule is COc1ccccc1C(CNC(=O)C1CNCC(NS(=O)(=O)c2ccc(C)cc2)C1)c1ccccc1. The number of hydrogen-bond donors (Lipinski definition) is 3. The molecule has 1 saturated heterocycles. The fourth-order valence-corrected chi connectivity index (χ4v) is 5.88. The highest BCUT2D eigenvalue weighted by molar-refractivity contribution is 7.89. The van der Waals surface area contributed by atoms with Crippen LogP contribution in [0.1, 0.15) is 29.0 Å². The molecule has 4 rings (SSSR count). The lowest BCUT2D eigenvalue weighted by atomic mass is 9.90. The molecule has 0 spiro atoms. The van der Waals surface area contributed by atoms with Crippen LogP contribution in [0.25, 0.3) is 0 Å². The molecule has 3 unspecified atom stereocenters. The largest absolute Gasteiger partial charge is 0.496 e. The molecule has 36 heavy (non-hydrogen) atoms. The first-order chi connectivity index (χ1) is 17.4. The molecule has 1 amide bonds. The van der Waals surface area contributed by atoms with Crippen molar-refractivity contribution in [1.29, 1.82) is 0 Å². The zero-order valence-electron chi connectivity index (χ0n) is 20.6. The van der Waals surface area contributed by atoms with E-state index in [9.17, 15) is 13.2 Å². The number of sulfonamides is 1. The van der Waals surface area contributed by atoms with Gasteiger partial charge in [-0.2, -0.15) is 0 Å². The molecule has 0 saturated carbocycles. The summed E-state index contributed by atoms with van der Waals surface area (Å²) in [6.45, 7) is 3.29. The van der Waals surface area contributed by atoms with E-state index in [-0.39, 0.29) is 28.7 Å². The van der Waals surface area contributed by atoms with Crippen LogP contribution in [0.2, 0.25) is 0 Å². The van der Waals surface area contributed by atoms with Crippen LogP contribution >= 0.6 is 0 Å². The molecule has 3 N–H and O–H groups in total. The van der Waals surface area contributed by atoms with E-state index in [0.29, 0.717) is 26.1 Å². The van der Waals surface area contributed by atoms with Gasteiger partial charge in [0.2, 0.25) is 15.9 Å². The minimum absolute atomic E-state index is 0.0845. The Hall–Kier alpha value is -3.20. The summed E-state index contributed by atoms with van der Waals surface area (Å²) in [5.41, 5.74) is 3.07. The third-order valence-corrected chi connectivity index (χ3v) is 8.11. The van der Waals surface area contributed by atoms with E-state index in [4.69, 9.17) is 4.74 Å². The maximum absolute atomic E-state index is 13.2. The lowest BCUT2D eigenvalue weighted by Gasteiger charge is -2.30. The minimum Gasteiger partial charge on any atom is -0.496 e. The fraction of sp³-hybridized carbons (Fsp3) is 0.321. The van der Waals surface area contributed by atoms with Crippen LogP contribution in [0.5, 0.6) is 5.75 Å². The predicted molar refractivity (Wildman–Crippen MR) is 141 cm³/mol. The van der Waals surface area contributed by atoms with Crippen molar-refractivity contribution in [3.63, 3.8) is 0 Å². The first kappa shape index (κ1) is 25.9. The molecule has 3 atom stereocenters. The van der Waals surface area contributed by atoms with Crippen molar-refractivity contribution >= 4 is 15.9 Å². The molecule has 0 aromatic heterocycles. The first-order valence-corrected chi connectivity index (χ1v) is 13.6. The maximum Gasteiger partial charge on any atom is 0.240 e. The van der Waals surface area contributed by atoms with Crippen molar-refractivity contribution in [2.24, 2.45) is 5.92 Å². The highest BCUT2D eigenvalue weighted by atomic mass is 32.2. The number of aryl methyl sites for hydroxylation is 1. The molecule has 0 radical (unpaired) electrons. The average Bonchev–Trinajstić information content (AvgIpc) is 2.89. The number of amides is 1. The van der Waals surface area contributed by atoms with E-state index < -0.39 is 10.0 Å². The number of nitrogens with one attached hydrogen (secondary N) is 3. The van der Waals surface area contributed by atoms with Gasteiger partial charge in [-0.25, -0.2) is 13.1 Å². The number of carbonyl (C=O) groups excluding carboxylic acids is 1. The van der Waals surface area contributed by atoms with Gasteiger partial charge in [0.05, 0.1) is 17.9 Å². The summed E-state index contributed by atoms with van der Waals surface area (Å²) in [4.78, 5) is 13.4. The summed E-state index contributed by atoms with van der Waals surface area (Å²) >= 11 is 0. The summed E-state index contributed by atoms with van der Waals surface area (Å²) in [5.74, 6) is 0.236. The zero-order valence-corrected chi connectivity index (χ0v) is 21.4. The Labute approximate surface area is 213 Å². The molecule has 0 bridgehead atoms. The van der Waals surface area contributed by atoms with Crippen LogP contribution < -0.4 is 20.1 Å². The smallest absolute Gasteiger partial charge is 0.240 e. The molecule has 1 fully saturated rings. The molecule has 1 heterocycles. The number of rotatable bonds is 9. The van der Waals surface area contributed by atoms with Gasteiger partial charge in [0.1, 0.15) is 5.75 Å². The molecule has 8 heteroatoms. The molecule has 7 nitrogen and oxygen atoms in total. The number of para-hydroxylation sites is 1. The zero-order chi connectivity index (χ0) is 25.5. The molecule has 1 aliphatic rings. The van der Waals surface area contributed by atoms with Gasteiger partial charge < -0.3 is 15.4 Å². The minimum atomic E-state index is -3.67. The van der Waals surface area contributed by atoms with Gasteiger partial charge in [0.25, 0.3) is 0 Å². The third-order valence-electron chi connectivity index (χ3n) is 6.57. The van der Waals surface area contributed by atoms with Crippen LogP contribution in [-0.4, -0.2) is 47.1 Å². The van der Waals surface area contributed by atoms with Crippen molar-refractivity contribution in [3.8, 4) is 5.75 Å². The third kappa shape index (κ3) is 6.32. The molecule has 190 valence electrons. The monoisotopic (exact) mass is 507 g/mol. The number of ether oxygens (including phenoxy) is 1. The van der Waals surface area contributed by atoms with Crippen LogP contribution in [-0.2, 0) is 14.8 Å². The molecular weight excluding hydrogens is 474 g/mol. The topological polar surface area (TPSA) is 96.5 Å². The van der Waals surface area contributed by atoms with E-state index in [0.717, 1.165) is 22.4 Å². The maximum atomic E-state index is 13.2. The fourth-order valence-electron chi connectivity index (χ4n) is 4.63. The summed E-state index contributed by atoms with van der Waals surface area (Å²) in [7, 11) is -2.02. The molecule has 1 aliphatic heterocycles. The van der Waals surface area contributed by atoms with Crippen molar-refractivity contribution in [1.82, 2.24) is 15.4 Å². The van der Waals surface area contributed by atoms with Gasteiger partial charge in [-0.3, -0.25) is 4.79 Å². The van der Waals surface area contributed by atoms with Gasteiger partial charge in [0.15, 0.2) is 0 Å². The van der Waals surface area contributed by atoms with Gasteiger partial charge in [-0.1, -0.05) is 66.2 Å². The number of methoxy groups -OCH3 is 1. The number of piperidine rings is 1. The standard InChI is InChI=1S/C28H33N3O4S/c1-20-12-14-24(15-13-20)36(33,34)31-23-16-22(17-29-18-23)28(32)30-19-26(21-8-4-3-5-9-21)25-10-6-7-11-27(25)35-2/h3-15,22-23,26,29,31H,16-19H2,1-2H3,(H,30,32). The van der Waals surface area contributed by atoms with Crippen molar-refractivity contribution in [2.45, 2.75) is 30.2 Å². The normalized spacial score (nSPS) is 18.8. The second-order valence-electron chi connectivity index (χ2n) is 9.17. The molecule has 0 aliphatic carbocycles. The average molecular weight is 508 g/mol. The summed E-state index contributed by atoms with van der Waals surface area (Å²) in [6, 6.07) is 24.2. The highest BCUT2D eigenvalue weighted by Gasteiger charge is 2.30. The van der Waals surface area contributed by atoms with Crippen molar-refractivity contribution in [3.05, 3.63) is 95.6 Å². The van der Waals surface area contributed by atoms with E-state index in [1.165, 1.54) is 0 Å². The van der Waals surface area contributed by atoms with E-state index >= 15 is 0 Å². The Kier molecular flexibility index (Phi) is 8.40. The second kappa shape index (κ2) is 11.7. The van der Waals surface area contributed by atoms with E-state index in [1.54, 1.807) is 31.4 Å². The Morgan fingerprint density at radius 1 is 1.00 bits per heavy atom. The van der Waals surface area contributed by atoms with Gasteiger partial charge in [-0.15, -0.1) is 0 Å². The molecular formula is C28H33N3O4S. The highest BCUT2D eigenvalue weighted by Crippen LogP contribution is 2.31. The van der Waals surface area contributed by atoms with Crippen LogP contribution in [0.4, 0.5) is 0 Å². The first-order valence-electron chi connectivity index (χ1n) is 12.1. The Morgan fingerprint density at radius 2 is 1.69 bits per heavy atom. The van der Waals surface area contributed by atoms with Gasteiger partial charge in [-0.05, 0) is 37.1 Å². The predicted octanol–water partition coefficient (Wildman–Crippen LogP) is 3.21. The number of hydrogen-bond acceptors (Lipinski definition) is 5. The molecule has 3 aromatic carbocycles. The Balaban J connectivity index is 1.43. The van der Waals surface area contributed by atoms with Crippen LogP contribution in [0.3, 0.4) is 0 Å². The lowest BCUT2D eigenvalue weighted by molar-refractivity contribution is -0.125. The van der Waals surface area contributed by atoms with E-state index in [2.05, 4.69) is 15.4 Å². The second-order valence-corrected chi connectivity index (χ2v) is 10.9. The van der Waals surface area contributed by atoms with Crippen molar-refractivity contribution in [2.75, 3.05) is 26.7 Å². The number of benzene rings is 3. The van der Waals surface area contributed by atoms with Gasteiger partial charge >= 0.3 is 0 Å². The number of carbonyl (C=O) groups is 1. The quantitative estimate of drug-likeness (QED) is 0.413. The van der Waals surface area contributed by atoms with Crippen LogP contribution in [0.15, 0.2) is 83.8 Å². The summed E-state index contributed by atoms with van der Waals surface area (Å²) in [5, 5.41) is 6.32. The summed E-state index contributed by atoms with van der Waals surface area (Å²) < 4.78 is 34.0. The van der Waals surface area contributed by atoms with Gasteiger partial charge in [0, 0.05) is 37.2 Å². The van der Waals surface area contributed by atoms with E-state index in [1.807, 2.05) is 61.5 Å². The Bertz CT molecular complexity index is 1260. The van der Waals surface area contributed by atoms with Crippen molar-refractivity contribution < 1.29 is 17.9 Å². The lowest BCUT2D eigenvalue weighted by Crippen LogP contribution is -2.52. The summed E-state index contributed by atoms with van der Waals surface area (Å²) in [6.07, 6.45) is 0.425.